The topological polar surface area (TPSA) is 105 Å². The van der Waals surface area contributed by atoms with Crippen molar-refractivity contribution in [2.24, 2.45) is 0 Å². The van der Waals surface area contributed by atoms with E-state index in [1.165, 1.54) is 6.07 Å². The van der Waals surface area contributed by atoms with Gasteiger partial charge in [0.2, 0.25) is 0 Å². The molecule has 0 saturated carbocycles. The maximum Gasteiger partial charge on any atom is 0.307 e. The number of anilines is 1. The molecule has 1 aliphatic heterocycles. The Bertz CT molecular complexity index is 1610. The second kappa shape index (κ2) is 14.4. The largest absolute Gasteiger partial charge is 0.461 e. The molecule has 3 heterocycles. The van der Waals surface area contributed by atoms with Gasteiger partial charge in [-0.3, -0.25) is 19.3 Å². The van der Waals surface area contributed by atoms with Crippen molar-refractivity contribution in [3.05, 3.63) is 89.1 Å². The summed E-state index contributed by atoms with van der Waals surface area (Å²) in [6, 6.07) is 14.5. The number of benzene rings is 2. The Hall–Kier alpha value is -4.35. The third kappa shape index (κ3) is 7.78. The molecule has 1 fully saturated rings. The van der Waals surface area contributed by atoms with Gasteiger partial charge in [-0.05, 0) is 30.2 Å². The number of rotatable bonds is 13. The lowest BCUT2D eigenvalue weighted by Gasteiger charge is -2.34. The Kier molecular flexibility index (Phi) is 10.2. The quantitative estimate of drug-likeness (QED) is 0.142. The molecule has 4 aromatic rings. The standard InChI is InChI=1S/C33H35F2N3O6/c1-2-3-9-27(39)32-30(25-18-23(34)19-26(35)31(25)44-32)36-33(41)28-11-10-24(43-28)20-38-16-14-37(15-17-38)13-12-29(40)42-21-22-7-5-4-6-8-22/h4-8,10-11,18-19H,2-3,9,12-17,20-21H2,1H3,(H,36,41). The summed E-state index contributed by atoms with van der Waals surface area (Å²) in [4.78, 5) is 42.5. The summed E-state index contributed by atoms with van der Waals surface area (Å²) in [5, 5.41) is 2.55. The number of fused-ring (bicyclic) bond motifs is 1. The molecule has 11 heteroatoms. The summed E-state index contributed by atoms with van der Waals surface area (Å²) in [6.07, 6.45) is 1.79. The number of hydrogen-bond acceptors (Lipinski definition) is 8. The fourth-order valence-corrected chi connectivity index (χ4v) is 5.11. The molecule has 2 aromatic carbocycles. The van der Waals surface area contributed by atoms with Crippen molar-refractivity contribution in [1.82, 2.24) is 9.80 Å². The lowest BCUT2D eigenvalue weighted by atomic mass is 10.1. The van der Waals surface area contributed by atoms with Crippen molar-refractivity contribution in [3.8, 4) is 0 Å². The fraction of sp³-hybridized carbons (Fsp3) is 0.364. The molecular weight excluding hydrogens is 572 g/mol. The lowest BCUT2D eigenvalue weighted by Crippen LogP contribution is -2.46. The van der Waals surface area contributed by atoms with Crippen LogP contribution in [0.1, 0.15) is 65.0 Å². The van der Waals surface area contributed by atoms with Crippen LogP contribution in [0, 0.1) is 11.6 Å². The molecule has 0 atom stereocenters. The lowest BCUT2D eigenvalue weighted by molar-refractivity contribution is -0.145. The minimum Gasteiger partial charge on any atom is -0.461 e. The third-order valence-corrected chi connectivity index (χ3v) is 7.56. The molecule has 0 unspecified atom stereocenters. The number of carbonyl (C=O) groups is 3. The average molecular weight is 608 g/mol. The number of piperazine rings is 1. The number of ketones is 1. The molecule has 0 bridgehead atoms. The zero-order valence-electron chi connectivity index (χ0n) is 24.6. The number of ether oxygens (including phenoxy) is 1. The molecule has 0 aliphatic carbocycles. The molecule has 232 valence electrons. The normalized spacial score (nSPS) is 14.2. The Morgan fingerprint density at radius 3 is 2.43 bits per heavy atom. The molecule has 44 heavy (non-hydrogen) atoms. The highest BCUT2D eigenvalue weighted by molar-refractivity contribution is 6.14. The second-order valence-electron chi connectivity index (χ2n) is 10.8. The maximum atomic E-state index is 14.4. The first kappa shape index (κ1) is 31.1. The number of Topliss-reactive ketones (excluding diaryl/α,β-unsaturated/α-hetero) is 1. The van der Waals surface area contributed by atoms with Crippen molar-refractivity contribution in [3.63, 3.8) is 0 Å². The Morgan fingerprint density at radius 2 is 1.68 bits per heavy atom. The highest BCUT2D eigenvalue weighted by Gasteiger charge is 2.26. The van der Waals surface area contributed by atoms with E-state index in [1.807, 2.05) is 37.3 Å². The van der Waals surface area contributed by atoms with Gasteiger partial charge in [0.25, 0.3) is 5.91 Å². The molecule has 1 N–H and O–H groups in total. The first-order valence-electron chi connectivity index (χ1n) is 14.8. The van der Waals surface area contributed by atoms with Gasteiger partial charge in [0.15, 0.2) is 28.7 Å². The molecule has 0 radical (unpaired) electrons. The van der Waals surface area contributed by atoms with Crippen LogP contribution < -0.4 is 5.32 Å². The molecule has 1 aliphatic rings. The van der Waals surface area contributed by atoms with Gasteiger partial charge in [0.05, 0.1) is 24.0 Å². The number of esters is 1. The van der Waals surface area contributed by atoms with Gasteiger partial charge < -0.3 is 23.8 Å². The van der Waals surface area contributed by atoms with Crippen LogP contribution in [-0.2, 0) is 22.7 Å². The molecule has 9 nitrogen and oxygen atoms in total. The van der Waals surface area contributed by atoms with Crippen molar-refractivity contribution >= 4 is 34.3 Å². The number of hydrogen-bond donors (Lipinski definition) is 1. The number of unbranched alkanes of at least 4 members (excludes halogenated alkanes) is 1. The van der Waals surface area contributed by atoms with E-state index in [-0.39, 0.29) is 47.2 Å². The first-order chi connectivity index (χ1) is 21.3. The summed E-state index contributed by atoms with van der Waals surface area (Å²) in [5.74, 6) is -2.80. The summed E-state index contributed by atoms with van der Waals surface area (Å²) in [6.45, 7) is 6.34. The third-order valence-electron chi connectivity index (χ3n) is 7.56. The first-order valence-corrected chi connectivity index (χ1v) is 14.8. The predicted molar refractivity (Wildman–Crippen MR) is 159 cm³/mol. The Morgan fingerprint density at radius 1 is 0.932 bits per heavy atom. The van der Waals surface area contributed by atoms with E-state index in [9.17, 15) is 23.2 Å². The number of amides is 1. The van der Waals surface area contributed by atoms with Gasteiger partial charge in [0, 0.05) is 45.2 Å². The molecule has 0 spiro atoms. The van der Waals surface area contributed by atoms with Crippen LogP contribution >= 0.6 is 0 Å². The monoisotopic (exact) mass is 607 g/mol. The van der Waals surface area contributed by atoms with E-state index in [1.54, 1.807) is 6.07 Å². The van der Waals surface area contributed by atoms with Gasteiger partial charge in [-0.2, -0.15) is 0 Å². The van der Waals surface area contributed by atoms with Crippen LogP contribution in [0.3, 0.4) is 0 Å². The predicted octanol–water partition coefficient (Wildman–Crippen LogP) is 6.18. The SMILES string of the molecule is CCCCC(=O)c1oc2c(F)cc(F)cc2c1NC(=O)c1ccc(CN2CCN(CCC(=O)OCc3ccccc3)CC2)o1. The van der Waals surface area contributed by atoms with Crippen LogP contribution in [0.4, 0.5) is 14.5 Å². The van der Waals surface area contributed by atoms with Crippen LogP contribution in [0.5, 0.6) is 0 Å². The molecule has 1 saturated heterocycles. The summed E-state index contributed by atoms with van der Waals surface area (Å²) >= 11 is 0. The molecule has 5 rings (SSSR count). The van der Waals surface area contributed by atoms with E-state index >= 15 is 0 Å². The zero-order chi connectivity index (χ0) is 31.1. The van der Waals surface area contributed by atoms with Gasteiger partial charge in [-0.1, -0.05) is 43.7 Å². The maximum absolute atomic E-state index is 14.4. The molecule has 2 aromatic heterocycles. The van der Waals surface area contributed by atoms with E-state index in [4.69, 9.17) is 13.6 Å². The molecule has 1 amide bonds. The van der Waals surface area contributed by atoms with E-state index < -0.39 is 23.3 Å². The number of carbonyl (C=O) groups excluding carboxylic acids is 3. The van der Waals surface area contributed by atoms with Crippen molar-refractivity contribution in [1.29, 1.82) is 0 Å². The van der Waals surface area contributed by atoms with Crippen molar-refractivity contribution in [2.45, 2.75) is 45.8 Å². The number of nitrogens with zero attached hydrogens (tertiary/aromatic N) is 2. The number of nitrogens with one attached hydrogen (secondary N) is 1. The minimum absolute atomic E-state index is 0.00849. The van der Waals surface area contributed by atoms with Crippen molar-refractivity contribution in [2.75, 3.05) is 38.0 Å². The summed E-state index contributed by atoms with van der Waals surface area (Å²) in [7, 11) is 0. The average Bonchev–Trinajstić information content (AvgIpc) is 3.64. The van der Waals surface area contributed by atoms with Gasteiger partial charge >= 0.3 is 5.97 Å². The van der Waals surface area contributed by atoms with Crippen LogP contribution in [0.15, 0.2) is 63.4 Å². The van der Waals surface area contributed by atoms with E-state index in [0.717, 1.165) is 44.2 Å². The van der Waals surface area contributed by atoms with Gasteiger partial charge in [-0.25, -0.2) is 8.78 Å². The van der Waals surface area contributed by atoms with E-state index in [2.05, 4.69) is 15.1 Å². The van der Waals surface area contributed by atoms with Crippen molar-refractivity contribution < 1.29 is 36.7 Å². The zero-order valence-corrected chi connectivity index (χ0v) is 24.6. The second-order valence-corrected chi connectivity index (χ2v) is 10.8. The Balaban J connectivity index is 1.13. The number of halogens is 2. The summed E-state index contributed by atoms with van der Waals surface area (Å²) < 4.78 is 45.1. The van der Waals surface area contributed by atoms with Gasteiger partial charge in [0.1, 0.15) is 18.2 Å². The van der Waals surface area contributed by atoms with Crippen LogP contribution in [0.2, 0.25) is 0 Å². The smallest absolute Gasteiger partial charge is 0.307 e. The highest BCUT2D eigenvalue weighted by atomic mass is 19.1. The van der Waals surface area contributed by atoms with Gasteiger partial charge in [-0.15, -0.1) is 0 Å². The highest BCUT2D eigenvalue weighted by Crippen LogP contribution is 2.35. The fourth-order valence-electron chi connectivity index (χ4n) is 5.11. The van der Waals surface area contributed by atoms with E-state index in [0.29, 0.717) is 37.8 Å². The minimum atomic E-state index is -0.964. The molecular formula is C33H35F2N3O6. The van der Waals surface area contributed by atoms with Crippen LogP contribution in [-0.4, -0.2) is 60.2 Å². The summed E-state index contributed by atoms with van der Waals surface area (Å²) in [5.41, 5.74) is 0.573. The Labute approximate surface area is 253 Å². The number of furan rings is 2. The van der Waals surface area contributed by atoms with Crippen LogP contribution in [0.25, 0.3) is 11.0 Å².